The van der Waals surface area contributed by atoms with Gasteiger partial charge in [-0.15, -0.1) is 0 Å². The predicted molar refractivity (Wildman–Crippen MR) is 80.0 cm³/mol. The molecule has 3 N–H and O–H groups in total. The van der Waals surface area contributed by atoms with Crippen molar-refractivity contribution in [3.8, 4) is 0 Å². The van der Waals surface area contributed by atoms with Gasteiger partial charge in [-0.25, -0.2) is 0 Å². The van der Waals surface area contributed by atoms with Gasteiger partial charge in [-0.05, 0) is 33.2 Å². The fourth-order valence-corrected chi connectivity index (χ4v) is 3.22. The quantitative estimate of drug-likeness (QED) is 0.742. The fourth-order valence-electron chi connectivity index (χ4n) is 3.22. The smallest absolute Gasteiger partial charge is 0.221 e. The Balaban J connectivity index is 2.53. The Morgan fingerprint density at radius 1 is 1.32 bits per heavy atom. The van der Waals surface area contributed by atoms with Crippen LogP contribution < -0.4 is 11.1 Å². The largest absolute Gasteiger partial charge is 0.354 e. The summed E-state index contributed by atoms with van der Waals surface area (Å²) in [5.74, 6) is 0.149. The third-order valence-corrected chi connectivity index (χ3v) is 4.28. The fraction of sp³-hybridized carbons (Fsp3) is 0.933. The van der Waals surface area contributed by atoms with Crippen molar-refractivity contribution in [2.45, 2.75) is 70.9 Å². The van der Waals surface area contributed by atoms with Crippen LogP contribution in [0.15, 0.2) is 0 Å². The van der Waals surface area contributed by atoms with Crippen molar-refractivity contribution in [2.75, 3.05) is 19.6 Å². The van der Waals surface area contributed by atoms with Crippen molar-refractivity contribution in [1.82, 2.24) is 10.2 Å². The summed E-state index contributed by atoms with van der Waals surface area (Å²) in [6, 6.07) is 0.223. The Morgan fingerprint density at radius 2 is 1.95 bits per heavy atom. The topological polar surface area (TPSA) is 58.4 Å². The number of likely N-dealkylation sites (N-methyl/N-ethyl adjacent to an activating group) is 1. The molecule has 0 aromatic heterocycles. The lowest BCUT2D eigenvalue weighted by atomic mass is 9.80. The first kappa shape index (κ1) is 16.4. The summed E-state index contributed by atoms with van der Waals surface area (Å²) in [5.41, 5.74) is 6.20. The second-order valence-electron chi connectivity index (χ2n) is 6.04. The first-order valence-corrected chi connectivity index (χ1v) is 7.78. The molecule has 0 radical (unpaired) electrons. The van der Waals surface area contributed by atoms with Crippen LogP contribution in [-0.4, -0.2) is 42.0 Å². The van der Waals surface area contributed by atoms with Crippen LogP contribution in [0.25, 0.3) is 0 Å². The zero-order valence-electron chi connectivity index (χ0n) is 12.9. The molecule has 1 aliphatic rings. The number of amides is 1. The second-order valence-corrected chi connectivity index (χ2v) is 6.04. The van der Waals surface area contributed by atoms with Gasteiger partial charge in [-0.3, -0.25) is 9.69 Å². The van der Waals surface area contributed by atoms with Gasteiger partial charge >= 0.3 is 0 Å². The molecule has 4 nitrogen and oxygen atoms in total. The number of nitrogens with zero attached hydrogens (tertiary/aromatic N) is 1. The molecular weight excluding hydrogens is 238 g/mol. The summed E-state index contributed by atoms with van der Waals surface area (Å²) in [5, 5.41) is 2.96. The van der Waals surface area contributed by atoms with Gasteiger partial charge in [0.2, 0.25) is 5.91 Å². The Kier molecular flexibility index (Phi) is 6.80. The Morgan fingerprint density at radius 3 is 2.42 bits per heavy atom. The van der Waals surface area contributed by atoms with Gasteiger partial charge in [-0.1, -0.05) is 26.2 Å². The van der Waals surface area contributed by atoms with Crippen molar-refractivity contribution < 1.29 is 4.79 Å². The second kappa shape index (κ2) is 7.85. The molecule has 0 aromatic carbocycles. The Hall–Kier alpha value is -0.610. The van der Waals surface area contributed by atoms with Crippen LogP contribution in [0.2, 0.25) is 0 Å². The standard InChI is InChI=1S/C15H31N3O/c1-4-18(11-8-14(19)17-13(2)3)15(12-16)9-6-5-7-10-15/h13H,4-12,16H2,1-3H3,(H,17,19). The summed E-state index contributed by atoms with van der Waals surface area (Å²) in [4.78, 5) is 14.2. The first-order chi connectivity index (χ1) is 9.04. The number of nitrogens with one attached hydrogen (secondary N) is 1. The maximum Gasteiger partial charge on any atom is 0.221 e. The van der Waals surface area contributed by atoms with Crippen molar-refractivity contribution in [2.24, 2.45) is 5.73 Å². The van der Waals surface area contributed by atoms with E-state index in [1.807, 2.05) is 13.8 Å². The number of hydrogen-bond acceptors (Lipinski definition) is 3. The number of rotatable bonds is 7. The minimum absolute atomic E-state index is 0.144. The highest BCUT2D eigenvalue weighted by Crippen LogP contribution is 2.32. The van der Waals surface area contributed by atoms with Crippen LogP contribution >= 0.6 is 0 Å². The van der Waals surface area contributed by atoms with E-state index in [-0.39, 0.29) is 17.5 Å². The summed E-state index contributed by atoms with van der Waals surface area (Å²) >= 11 is 0. The maximum atomic E-state index is 11.8. The van der Waals surface area contributed by atoms with Crippen molar-refractivity contribution in [3.05, 3.63) is 0 Å². The Labute approximate surface area is 118 Å². The van der Waals surface area contributed by atoms with E-state index in [0.717, 1.165) is 13.1 Å². The normalized spacial score (nSPS) is 18.8. The zero-order valence-corrected chi connectivity index (χ0v) is 12.9. The molecule has 1 fully saturated rings. The molecular formula is C15H31N3O. The highest BCUT2D eigenvalue weighted by molar-refractivity contribution is 5.76. The first-order valence-electron chi connectivity index (χ1n) is 7.78. The number of nitrogens with two attached hydrogens (primary N) is 1. The molecule has 0 spiro atoms. The van der Waals surface area contributed by atoms with E-state index < -0.39 is 0 Å². The molecule has 0 atom stereocenters. The molecule has 0 unspecified atom stereocenters. The predicted octanol–water partition coefficient (Wildman–Crippen LogP) is 1.88. The molecule has 112 valence electrons. The van der Waals surface area contributed by atoms with Gasteiger partial charge in [0.15, 0.2) is 0 Å². The van der Waals surface area contributed by atoms with Gasteiger partial charge in [-0.2, -0.15) is 0 Å². The summed E-state index contributed by atoms with van der Waals surface area (Å²) < 4.78 is 0. The van der Waals surface area contributed by atoms with Crippen molar-refractivity contribution in [1.29, 1.82) is 0 Å². The molecule has 0 aromatic rings. The van der Waals surface area contributed by atoms with Crippen LogP contribution in [0, 0.1) is 0 Å². The molecule has 1 aliphatic carbocycles. The molecule has 1 rings (SSSR count). The SMILES string of the molecule is CCN(CCC(=O)NC(C)C)C1(CN)CCCCC1. The van der Waals surface area contributed by atoms with E-state index >= 15 is 0 Å². The molecule has 0 bridgehead atoms. The van der Waals surface area contributed by atoms with Crippen LogP contribution in [-0.2, 0) is 4.79 Å². The highest BCUT2D eigenvalue weighted by Gasteiger charge is 2.35. The Bertz CT molecular complexity index is 273. The lowest BCUT2D eigenvalue weighted by Gasteiger charge is -2.45. The van der Waals surface area contributed by atoms with Crippen LogP contribution in [0.4, 0.5) is 0 Å². The zero-order chi connectivity index (χ0) is 14.3. The summed E-state index contributed by atoms with van der Waals surface area (Å²) in [6.07, 6.45) is 6.81. The van der Waals surface area contributed by atoms with E-state index in [9.17, 15) is 4.79 Å². The number of carbonyl (C=O) groups is 1. The molecule has 0 saturated heterocycles. The van der Waals surface area contributed by atoms with Gasteiger partial charge in [0, 0.05) is 31.1 Å². The minimum atomic E-state index is 0.144. The summed E-state index contributed by atoms with van der Waals surface area (Å²) in [7, 11) is 0. The minimum Gasteiger partial charge on any atom is -0.354 e. The van der Waals surface area contributed by atoms with Gasteiger partial charge in [0.05, 0.1) is 0 Å². The third kappa shape index (κ3) is 4.77. The van der Waals surface area contributed by atoms with Crippen molar-refractivity contribution >= 4 is 5.91 Å². The average Bonchev–Trinajstić information content (AvgIpc) is 2.39. The average molecular weight is 269 g/mol. The molecule has 19 heavy (non-hydrogen) atoms. The lowest BCUT2D eigenvalue weighted by molar-refractivity contribution is -0.122. The molecule has 0 heterocycles. The van der Waals surface area contributed by atoms with Gasteiger partial charge in [0.25, 0.3) is 0 Å². The van der Waals surface area contributed by atoms with E-state index in [4.69, 9.17) is 5.73 Å². The van der Waals surface area contributed by atoms with Crippen LogP contribution in [0.1, 0.15) is 59.3 Å². The molecule has 1 amide bonds. The monoisotopic (exact) mass is 269 g/mol. The van der Waals surface area contributed by atoms with E-state index in [1.165, 1.54) is 32.1 Å². The van der Waals surface area contributed by atoms with E-state index in [2.05, 4.69) is 17.1 Å². The van der Waals surface area contributed by atoms with E-state index in [1.54, 1.807) is 0 Å². The molecule has 4 heteroatoms. The number of hydrogen-bond donors (Lipinski definition) is 2. The molecule has 0 aliphatic heterocycles. The lowest BCUT2D eigenvalue weighted by Crippen LogP contribution is -2.55. The van der Waals surface area contributed by atoms with Gasteiger partial charge in [0.1, 0.15) is 0 Å². The number of carbonyl (C=O) groups excluding carboxylic acids is 1. The summed E-state index contributed by atoms with van der Waals surface area (Å²) in [6.45, 7) is 8.69. The van der Waals surface area contributed by atoms with Crippen LogP contribution in [0.3, 0.4) is 0 Å². The van der Waals surface area contributed by atoms with Crippen molar-refractivity contribution in [3.63, 3.8) is 0 Å². The molecule has 1 saturated carbocycles. The van der Waals surface area contributed by atoms with Crippen LogP contribution in [0.5, 0.6) is 0 Å². The highest BCUT2D eigenvalue weighted by atomic mass is 16.1. The van der Waals surface area contributed by atoms with E-state index in [0.29, 0.717) is 13.0 Å². The maximum absolute atomic E-state index is 11.8. The third-order valence-electron chi connectivity index (χ3n) is 4.28. The van der Waals surface area contributed by atoms with Gasteiger partial charge < -0.3 is 11.1 Å².